The molecule has 0 spiro atoms. The molecule has 4 heteroatoms. The highest BCUT2D eigenvalue weighted by molar-refractivity contribution is 5.65. The summed E-state index contributed by atoms with van der Waals surface area (Å²) in [7, 11) is 2.06. The molecule has 0 unspecified atom stereocenters. The van der Waals surface area contributed by atoms with E-state index in [0.29, 0.717) is 0 Å². The summed E-state index contributed by atoms with van der Waals surface area (Å²) in [6, 6.07) is 8.40. The molecule has 124 valence electrons. The van der Waals surface area contributed by atoms with E-state index < -0.39 is 0 Å². The lowest BCUT2D eigenvalue weighted by atomic mass is 10.1. The first-order valence-electron chi connectivity index (χ1n) is 8.47. The molecule has 0 bridgehead atoms. The van der Waals surface area contributed by atoms with Gasteiger partial charge in [0.05, 0.1) is 0 Å². The van der Waals surface area contributed by atoms with E-state index in [0.717, 1.165) is 42.5 Å². The lowest BCUT2D eigenvalue weighted by Gasteiger charge is -2.19. The molecule has 0 aliphatic heterocycles. The van der Waals surface area contributed by atoms with E-state index in [4.69, 9.17) is 4.98 Å². The summed E-state index contributed by atoms with van der Waals surface area (Å²) >= 11 is 0. The van der Waals surface area contributed by atoms with Crippen LogP contribution in [-0.4, -0.2) is 23.6 Å². The molecule has 2 rings (SSSR count). The highest BCUT2D eigenvalue weighted by atomic mass is 15.2. The molecule has 0 aliphatic rings. The number of unbranched alkanes of at least 4 members (excludes halogenated alkanes) is 1. The number of rotatable bonds is 7. The van der Waals surface area contributed by atoms with Crippen LogP contribution in [0.1, 0.15) is 43.5 Å². The Bertz CT molecular complexity index is 652. The molecule has 1 aromatic carbocycles. The Kier molecular flexibility index (Phi) is 5.97. The van der Waals surface area contributed by atoms with Gasteiger partial charge in [-0.25, -0.2) is 4.98 Å². The molecule has 1 aromatic heterocycles. The first-order chi connectivity index (χ1) is 11.0. The number of anilines is 3. The van der Waals surface area contributed by atoms with Gasteiger partial charge < -0.3 is 10.2 Å². The average Bonchev–Trinajstić information content (AvgIpc) is 2.54. The van der Waals surface area contributed by atoms with E-state index >= 15 is 0 Å². The monoisotopic (exact) mass is 312 g/mol. The summed E-state index contributed by atoms with van der Waals surface area (Å²) < 4.78 is 0. The average molecular weight is 312 g/mol. The molecular weight excluding hydrogens is 284 g/mol. The van der Waals surface area contributed by atoms with Crippen molar-refractivity contribution >= 4 is 17.5 Å². The Hall–Kier alpha value is -2.10. The van der Waals surface area contributed by atoms with Gasteiger partial charge in [0.25, 0.3) is 0 Å². The van der Waals surface area contributed by atoms with Crippen LogP contribution in [-0.2, 0) is 6.42 Å². The summed E-state index contributed by atoms with van der Waals surface area (Å²) in [6.07, 6.45) is 3.32. The summed E-state index contributed by atoms with van der Waals surface area (Å²) in [5, 5.41) is 3.51. The van der Waals surface area contributed by atoms with Gasteiger partial charge in [-0.3, -0.25) is 0 Å². The van der Waals surface area contributed by atoms with Crippen molar-refractivity contribution in [3.63, 3.8) is 0 Å². The summed E-state index contributed by atoms with van der Waals surface area (Å²) in [5.41, 5.74) is 4.69. The number of benzene rings is 1. The van der Waals surface area contributed by atoms with E-state index in [1.165, 1.54) is 17.5 Å². The molecule has 0 amide bonds. The molecular formula is C19H28N4. The molecule has 0 atom stereocenters. The van der Waals surface area contributed by atoms with Crippen molar-refractivity contribution < 1.29 is 0 Å². The van der Waals surface area contributed by atoms with Crippen LogP contribution in [0.3, 0.4) is 0 Å². The van der Waals surface area contributed by atoms with Gasteiger partial charge in [-0.2, -0.15) is 4.98 Å². The predicted octanol–water partition coefficient (Wildman–Crippen LogP) is 4.64. The number of hydrogen-bond acceptors (Lipinski definition) is 4. The summed E-state index contributed by atoms with van der Waals surface area (Å²) in [5.74, 6) is 1.65. The van der Waals surface area contributed by atoms with Crippen LogP contribution < -0.4 is 10.2 Å². The minimum atomic E-state index is 0.785. The highest BCUT2D eigenvalue weighted by Gasteiger charge is 2.10. The maximum atomic E-state index is 4.70. The number of hydrogen-bond donors (Lipinski definition) is 1. The van der Waals surface area contributed by atoms with Crippen LogP contribution in [0.4, 0.5) is 17.5 Å². The number of nitrogens with one attached hydrogen (secondary N) is 1. The van der Waals surface area contributed by atoms with Gasteiger partial charge in [0.2, 0.25) is 5.95 Å². The maximum absolute atomic E-state index is 4.70. The number of para-hydroxylation sites is 1. The quantitative estimate of drug-likeness (QED) is 0.809. The van der Waals surface area contributed by atoms with Crippen LogP contribution in [0.2, 0.25) is 0 Å². The summed E-state index contributed by atoms with van der Waals surface area (Å²) in [4.78, 5) is 11.4. The molecule has 0 saturated heterocycles. The second-order valence-corrected chi connectivity index (χ2v) is 6.06. The van der Waals surface area contributed by atoms with Crippen molar-refractivity contribution in [1.82, 2.24) is 9.97 Å². The van der Waals surface area contributed by atoms with E-state index in [-0.39, 0.29) is 0 Å². The smallest absolute Gasteiger partial charge is 0.227 e. The fraction of sp³-hybridized carbons (Fsp3) is 0.474. The van der Waals surface area contributed by atoms with Crippen molar-refractivity contribution in [1.29, 1.82) is 0 Å². The van der Waals surface area contributed by atoms with Crippen LogP contribution in [0.25, 0.3) is 0 Å². The van der Waals surface area contributed by atoms with Crippen molar-refractivity contribution in [3.8, 4) is 0 Å². The van der Waals surface area contributed by atoms with Crippen LogP contribution in [0.15, 0.2) is 24.3 Å². The first-order valence-corrected chi connectivity index (χ1v) is 8.47. The van der Waals surface area contributed by atoms with Crippen LogP contribution in [0, 0.1) is 13.8 Å². The van der Waals surface area contributed by atoms with E-state index in [2.05, 4.69) is 61.2 Å². The largest absolute Gasteiger partial charge is 0.344 e. The van der Waals surface area contributed by atoms with E-state index in [9.17, 15) is 0 Å². The minimum Gasteiger partial charge on any atom is -0.344 e. The second-order valence-electron chi connectivity index (χ2n) is 6.06. The lowest BCUT2D eigenvalue weighted by molar-refractivity contribution is 0.749. The normalized spacial score (nSPS) is 10.7. The molecule has 0 aliphatic carbocycles. The molecule has 23 heavy (non-hydrogen) atoms. The Labute approximate surface area is 140 Å². The third-order valence-electron chi connectivity index (χ3n) is 4.02. The van der Waals surface area contributed by atoms with Gasteiger partial charge in [-0.1, -0.05) is 38.5 Å². The maximum Gasteiger partial charge on any atom is 0.227 e. The minimum absolute atomic E-state index is 0.785. The van der Waals surface area contributed by atoms with E-state index in [1.807, 2.05) is 13.0 Å². The van der Waals surface area contributed by atoms with Gasteiger partial charge in [0, 0.05) is 31.0 Å². The number of aryl methyl sites for hydroxylation is 3. The molecule has 0 saturated carbocycles. The van der Waals surface area contributed by atoms with Gasteiger partial charge in [0.1, 0.15) is 5.82 Å². The van der Waals surface area contributed by atoms with Gasteiger partial charge in [-0.05, 0) is 37.8 Å². The predicted molar refractivity (Wildman–Crippen MR) is 98.8 cm³/mol. The zero-order valence-electron chi connectivity index (χ0n) is 15.0. The van der Waals surface area contributed by atoms with Gasteiger partial charge in [0.15, 0.2) is 0 Å². The molecule has 4 nitrogen and oxygen atoms in total. The zero-order valence-corrected chi connectivity index (χ0v) is 15.0. The Morgan fingerprint density at radius 2 is 1.91 bits per heavy atom. The molecule has 0 radical (unpaired) electrons. The third kappa shape index (κ3) is 4.44. The first kappa shape index (κ1) is 17.3. The Balaban J connectivity index is 2.29. The fourth-order valence-electron chi connectivity index (χ4n) is 2.61. The topological polar surface area (TPSA) is 41.1 Å². The van der Waals surface area contributed by atoms with Gasteiger partial charge in [-0.15, -0.1) is 0 Å². The molecule has 1 N–H and O–H groups in total. The summed E-state index contributed by atoms with van der Waals surface area (Å²) in [6.45, 7) is 9.49. The highest BCUT2D eigenvalue weighted by Crippen LogP contribution is 2.25. The standard InChI is InChI=1S/C19H28N4/c1-6-8-12-23(5)19-20-15(4)13-17(22-19)21-18-14(3)10-9-11-16(18)7-2/h9-11,13H,6-8,12H2,1-5H3,(H,20,21,22). The van der Waals surface area contributed by atoms with Crippen molar-refractivity contribution in [2.24, 2.45) is 0 Å². The lowest BCUT2D eigenvalue weighted by Crippen LogP contribution is -2.21. The fourth-order valence-corrected chi connectivity index (χ4v) is 2.61. The molecule has 2 aromatic rings. The Morgan fingerprint density at radius 1 is 1.13 bits per heavy atom. The number of aromatic nitrogens is 2. The Morgan fingerprint density at radius 3 is 2.61 bits per heavy atom. The van der Waals surface area contributed by atoms with Crippen LogP contribution >= 0.6 is 0 Å². The van der Waals surface area contributed by atoms with Crippen molar-refractivity contribution in [3.05, 3.63) is 41.1 Å². The second kappa shape index (κ2) is 7.95. The zero-order chi connectivity index (χ0) is 16.8. The molecule has 0 fully saturated rings. The van der Waals surface area contributed by atoms with Crippen molar-refractivity contribution in [2.45, 2.75) is 47.0 Å². The van der Waals surface area contributed by atoms with Crippen molar-refractivity contribution in [2.75, 3.05) is 23.8 Å². The molecule has 1 heterocycles. The number of nitrogens with zero attached hydrogens (tertiary/aromatic N) is 3. The van der Waals surface area contributed by atoms with Gasteiger partial charge >= 0.3 is 0 Å². The van der Waals surface area contributed by atoms with Crippen LogP contribution in [0.5, 0.6) is 0 Å². The SMILES string of the molecule is CCCCN(C)c1nc(C)cc(Nc2c(C)cccc2CC)n1. The van der Waals surface area contributed by atoms with E-state index in [1.54, 1.807) is 0 Å². The third-order valence-corrected chi connectivity index (χ3v) is 4.02.